The Balaban J connectivity index is 2.99. The Kier molecular flexibility index (Phi) is 7.47. The Morgan fingerprint density at radius 1 is 1.04 bits per heavy atom. The summed E-state index contributed by atoms with van der Waals surface area (Å²) in [5.74, 6) is -4.48. The molecule has 0 spiro atoms. The molecule has 0 unspecified atom stereocenters. The molecule has 0 aliphatic heterocycles. The van der Waals surface area contributed by atoms with E-state index in [1.807, 2.05) is 5.43 Å². The van der Waals surface area contributed by atoms with Crippen LogP contribution < -0.4 is 5.43 Å². The number of rotatable bonds is 7. The molecule has 1 N–H and O–H groups in total. The average molecular weight is 342 g/mol. The van der Waals surface area contributed by atoms with Crippen molar-refractivity contribution in [3.8, 4) is 0 Å². The highest BCUT2D eigenvalue weighted by atomic mass is 19.1. The second kappa shape index (κ2) is 9.33. The van der Waals surface area contributed by atoms with Gasteiger partial charge in [0.25, 0.3) is 5.91 Å². The third-order valence-corrected chi connectivity index (χ3v) is 2.51. The number of carbonyl (C=O) groups excluding carboxylic acids is 3. The minimum atomic E-state index is -0.987. The first kappa shape index (κ1) is 19.2. The summed E-state index contributed by atoms with van der Waals surface area (Å²) in [5.41, 5.74) is 1.22. The van der Waals surface area contributed by atoms with E-state index in [0.717, 1.165) is 12.1 Å². The zero-order chi connectivity index (χ0) is 18.1. The molecule has 0 saturated heterocycles. The molecule has 0 heterocycles. The van der Waals surface area contributed by atoms with Gasteiger partial charge in [0, 0.05) is 11.6 Å². The minimum absolute atomic E-state index is 0.00752. The van der Waals surface area contributed by atoms with Gasteiger partial charge in [-0.05, 0) is 26.0 Å². The van der Waals surface area contributed by atoms with Crippen LogP contribution in [0.4, 0.5) is 8.78 Å². The second-order valence-corrected chi connectivity index (χ2v) is 4.36. The van der Waals surface area contributed by atoms with Gasteiger partial charge >= 0.3 is 11.9 Å². The Morgan fingerprint density at radius 2 is 1.62 bits per heavy atom. The van der Waals surface area contributed by atoms with Crippen molar-refractivity contribution in [2.75, 3.05) is 13.2 Å². The van der Waals surface area contributed by atoms with Crippen LogP contribution in [0.5, 0.6) is 0 Å². The largest absolute Gasteiger partial charge is 0.466 e. The molecule has 130 valence electrons. The lowest BCUT2D eigenvalue weighted by atomic mass is 10.1. The van der Waals surface area contributed by atoms with E-state index in [4.69, 9.17) is 4.74 Å². The number of nitrogens with zero attached hydrogens (tertiary/aromatic N) is 1. The standard InChI is InChI=1S/C15H16F2N2O5/c1-3-23-13(21)8-12(20)18-19-14(15(22)24-4-2)9-5-10(16)7-11(17)6-9/h5-7H,3-4,8H2,1-2H3,(H,18,20)/b19-14+. The molecule has 1 amide bonds. The monoisotopic (exact) mass is 342 g/mol. The molecule has 1 rings (SSSR count). The molecule has 0 bridgehead atoms. The summed E-state index contributed by atoms with van der Waals surface area (Å²) in [6.45, 7) is 3.20. The van der Waals surface area contributed by atoms with E-state index in [9.17, 15) is 23.2 Å². The number of halogens is 2. The Hall–Kier alpha value is -2.84. The van der Waals surface area contributed by atoms with Crippen LogP contribution in [0, 0.1) is 11.6 Å². The van der Waals surface area contributed by atoms with Crippen molar-refractivity contribution in [1.82, 2.24) is 5.43 Å². The zero-order valence-corrected chi connectivity index (χ0v) is 13.1. The van der Waals surface area contributed by atoms with E-state index in [1.165, 1.54) is 6.92 Å². The first-order valence-electron chi connectivity index (χ1n) is 7.03. The van der Waals surface area contributed by atoms with Crippen LogP contribution in [0.3, 0.4) is 0 Å². The van der Waals surface area contributed by atoms with Gasteiger partial charge in [-0.2, -0.15) is 5.10 Å². The molecular weight excluding hydrogens is 326 g/mol. The summed E-state index contributed by atoms with van der Waals surface area (Å²) in [7, 11) is 0. The molecule has 24 heavy (non-hydrogen) atoms. The lowest BCUT2D eigenvalue weighted by Crippen LogP contribution is -2.27. The summed E-state index contributed by atoms with van der Waals surface area (Å²) in [4.78, 5) is 34.6. The highest BCUT2D eigenvalue weighted by Gasteiger charge is 2.19. The molecule has 0 fully saturated rings. The maximum Gasteiger partial charge on any atom is 0.359 e. The predicted molar refractivity (Wildman–Crippen MR) is 78.9 cm³/mol. The van der Waals surface area contributed by atoms with Crippen molar-refractivity contribution in [3.05, 3.63) is 35.4 Å². The number of benzene rings is 1. The number of amides is 1. The topological polar surface area (TPSA) is 94.1 Å². The van der Waals surface area contributed by atoms with E-state index in [0.29, 0.717) is 6.07 Å². The summed E-state index contributed by atoms with van der Waals surface area (Å²) in [6, 6.07) is 2.33. The van der Waals surface area contributed by atoms with Crippen LogP contribution in [0.1, 0.15) is 25.8 Å². The molecule has 0 aromatic heterocycles. The molecule has 9 heteroatoms. The maximum atomic E-state index is 13.3. The number of esters is 2. The van der Waals surface area contributed by atoms with Gasteiger partial charge in [0.05, 0.1) is 13.2 Å². The van der Waals surface area contributed by atoms with Crippen LogP contribution in [0.25, 0.3) is 0 Å². The highest BCUT2D eigenvalue weighted by Crippen LogP contribution is 2.10. The fourth-order valence-electron chi connectivity index (χ4n) is 1.62. The second-order valence-electron chi connectivity index (χ2n) is 4.36. The lowest BCUT2D eigenvalue weighted by molar-refractivity contribution is -0.146. The van der Waals surface area contributed by atoms with Crippen molar-refractivity contribution >= 4 is 23.6 Å². The molecule has 7 nitrogen and oxygen atoms in total. The van der Waals surface area contributed by atoms with E-state index < -0.39 is 41.6 Å². The quantitative estimate of drug-likeness (QED) is 0.349. The molecule has 0 saturated carbocycles. The van der Waals surface area contributed by atoms with Crippen LogP contribution in [-0.2, 0) is 23.9 Å². The van der Waals surface area contributed by atoms with E-state index in [2.05, 4.69) is 9.84 Å². The molecule has 0 atom stereocenters. The average Bonchev–Trinajstić information content (AvgIpc) is 2.46. The van der Waals surface area contributed by atoms with Crippen LogP contribution in [0.15, 0.2) is 23.3 Å². The Labute approximate surface area is 136 Å². The molecule has 0 aliphatic carbocycles. The zero-order valence-electron chi connectivity index (χ0n) is 13.1. The van der Waals surface area contributed by atoms with Crippen molar-refractivity contribution < 1.29 is 32.6 Å². The third kappa shape index (κ3) is 6.11. The normalized spacial score (nSPS) is 10.9. The first-order valence-corrected chi connectivity index (χ1v) is 7.03. The van der Waals surface area contributed by atoms with Gasteiger partial charge in [-0.1, -0.05) is 0 Å². The smallest absolute Gasteiger partial charge is 0.359 e. The minimum Gasteiger partial charge on any atom is -0.466 e. The van der Waals surface area contributed by atoms with Crippen molar-refractivity contribution in [2.24, 2.45) is 5.10 Å². The van der Waals surface area contributed by atoms with Crippen LogP contribution >= 0.6 is 0 Å². The number of carbonyl (C=O) groups is 3. The number of hydrogen-bond acceptors (Lipinski definition) is 6. The van der Waals surface area contributed by atoms with E-state index in [1.54, 1.807) is 6.92 Å². The number of nitrogens with one attached hydrogen (secondary N) is 1. The van der Waals surface area contributed by atoms with Gasteiger partial charge in [0.15, 0.2) is 5.71 Å². The molecular formula is C15H16F2N2O5. The summed E-state index contributed by atoms with van der Waals surface area (Å²) < 4.78 is 35.9. The third-order valence-electron chi connectivity index (χ3n) is 2.51. The van der Waals surface area contributed by atoms with E-state index >= 15 is 0 Å². The Bertz CT molecular complexity index is 641. The Morgan fingerprint density at radius 3 is 2.17 bits per heavy atom. The molecule has 1 aromatic rings. The molecule has 0 radical (unpaired) electrons. The fraction of sp³-hybridized carbons (Fsp3) is 0.333. The summed E-state index contributed by atoms with van der Waals surface area (Å²) in [6.07, 6.45) is -0.620. The van der Waals surface area contributed by atoms with Crippen molar-refractivity contribution in [3.63, 3.8) is 0 Å². The van der Waals surface area contributed by atoms with Gasteiger partial charge in [0.1, 0.15) is 18.1 Å². The number of hydrogen-bond donors (Lipinski definition) is 1. The predicted octanol–water partition coefficient (Wildman–Crippen LogP) is 1.30. The van der Waals surface area contributed by atoms with Gasteiger partial charge in [0.2, 0.25) is 0 Å². The highest BCUT2D eigenvalue weighted by molar-refractivity contribution is 6.43. The summed E-state index contributed by atoms with van der Waals surface area (Å²) in [5, 5.41) is 3.51. The first-order chi connectivity index (χ1) is 11.4. The van der Waals surface area contributed by atoms with Crippen molar-refractivity contribution in [2.45, 2.75) is 20.3 Å². The number of hydrazone groups is 1. The van der Waals surface area contributed by atoms with Crippen molar-refractivity contribution in [1.29, 1.82) is 0 Å². The van der Waals surface area contributed by atoms with Gasteiger partial charge in [-0.3, -0.25) is 9.59 Å². The van der Waals surface area contributed by atoms with Crippen LogP contribution in [0.2, 0.25) is 0 Å². The molecule has 1 aromatic carbocycles. The molecule has 0 aliphatic rings. The van der Waals surface area contributed by atoms with Gasteiger partial charge in [-0.25, -0.2) is 19.0 Å². The maximum absolute atomic E-state index is 13.3. The van der Waals surface area contributed by atoms with Crippen LogP contribution in [-0.4, -0.2) is 36.8 Å². The summed E-state index contributed by atoms with van der Waals surface area (Å²) >= 11 is 0. The SMILES string of the molecule is CCOC(=O)CC(=O)N/N=C(/C(=O)OCC)c1cc(F)cc(F)c1. The fourth-order valence-corrected chi connectivity index (χ4v) is 1.62. The number of ether oxygens (including phenoxy) is 2. The van der Waals surface area contributed by atoms with E-state index in [-0.39, 0.29) is 18.8 Å². The lowest BCUT2D eigenvalue weighted by Gasteiger charge is -2.07. The van der Waals surface area contributed by atoms with Gasteiger partial charge < -0.3 is 9.47 Å². The van der Waals surface area contributed by atoms with Gasteiger partial charge in [-0.15, -0.1) is 0 Å².